The van der Waals surface area contributed by atoms with Gasteiger partial charge in [-0.2, -0.15) is 0 Å². The molecule has 3 aliphatic heterocycles. The molecule has 17 heavy (non-hydrogen) atoms. The number of rotatable bonds is 0. The quantitative estimate of drug-likeness (QED) is 0.636. The largest absolute Gasteiger partial charge is 0.288 e. The third-order valence-corrected chi connectivity index (χ3v) is 5.92. The van der Waals surface area contributed by atoms with E-state index in [0.29, 0.717) is 0 Å². The van der Waals surface area contributed by atoms with E-state index in [1.54, 1.807) is 0 Å². The molecule has 0 amide bonds. The second-order valence-electron chi connectivity index (χ2n) is 6.79. The number of nitrogens with zero attached hydrogens (tertiary/aromatic N) is 2. The summed E-state index contributed by atoms with van der Waals surface area (Å²) in [5, 5.41) is 0. The molecule has 2 heteroatoms. The molecule has 1 aliphatic carbocycles. The maximum absolute atomic E-state index is 2.95. The average molecular weight is 234 g/mol. The minimum absolute atomic E-state index is 0.839. The maximum Gasteiger partial charge on any atom is 0.0625 e. The smallest absolute Gasteiger partial charge is 0.0625 e. The van der Waals surface area contributed by atoms with Crippen molar-refractivity contribution in [3.8, 4) is 0 Å². The summed E-state index contributed by atoms with van der Waals surface area (Å²) in [7, 11) is 0. The summed E-state index contributed by atoms with van der Waals surface area (Å²) in [4.78, 5) is 5.78. The van der Waals surface area contributed by atoms with E-state index in [1.165, 1.54) is 71.0 Å². The number of fused-ring (bicyclic) bond motifs is 2. The molecule has 1 saturated carbocycles. The zero-order chi connectivity index (χ0) is 11.2. The first kappa shape index (κ1) is 10.8. The zero-order valence-corrected chi connectivity index (χ0v) is 11.0. The summed E-state index contributed by atoms with van der Waals surface area (Å²) < 4.78 is 0. The van der Waals surface area contributed by atoms with Crippen molar-refractivity contribution in [1.82, 2.24) is 9.80 Å². The molecular weight excluding hydrogens is 208 g/mol. The van der Waals surface area contributed by atoms with Crippen molar-refractivity contribution in [3.05, 3.63) is 0 Å². The highest BCUT2D eigenvalue weighted by molar-refractivity contribution is 5.00. The van der Waals surface area contributed by atoms with Crippen LogP contribution in [-0.2, 0) is 0 Å². The fourth-order valence-corrected chi connectivity index (χ4v) is 5.32. The lowest BCUT2D eigenvalue weighted by atomic mass is 9.70. The Hall–Kier alpha value is -0.0800. The van der Waals surface area contributed by atoms with E-state index in [-0.39, 0.29) is 0 Å². The standard InChI is InChI=1S/C15H26N2/c1-2-9-16-11-13-6-3-5-12-7-4-10-17(15(12)13)14(16)8-1/h12-15H,1-11H2/t12-,13-,14+,15-/m1/s1. The van der Waals surface area contributed by atoms with E-state index in [9.17, 15) is 0 Å². The fraction of sp³-hybridized carbons (Fsp3) is 1.00. The monoisotopic (exact) mass is 234 g/mol. The Labute approximate surface area is 105 Å². The molecule has 3 saturated heterocycles. The van der Waals surface area contributed by atoms with E-state index in [1.807, 2.05) is 0 Å². The molecule has 96 valence electrons. The molecule has 4 atom stereocenters. The molecule has 4 aliphatic rings. The third-order valence-electron chi connectivity index (χ3n) is 5.92. The lowest BCUT2D eigenvalue weighted by Crippen LogP contribution is -2.67. The van der Waals surface area contributed by atoms with Gasteiger partial charge < -0.3 is 0 Å². The van der Waals surface area contributed by atoms with Crippen molar-refractivity contribution in [3.63, 3.8) is 0 Å². The third kappa shape index (κ3) is 1.67. The minimum atomic E-state index is 0.839. The highest BCUT2D eigenvalue weighted by atomic mass is 15.4. The van der Waals surface area contributed by atoms with Gasteiger partial charge in [0.1, 0.15) is 0 Å². The minimum Gasteiger partial charge on any atom is -0.288 e. The number of hydrogen-bond donors (Lipinski definition) is 0. The fourth-order valence-electron chi connectivity index (χ4n) is 5.32. The molecule has 0 aromatic heterocycles. The summed E-state index contributed by atoms with van der Waals surface area (Å²) in [5.74, 6) is 2.08. The Morgan fingerprint density at radius 2 is 1.59 bits per heavy atom. The van der Waals surface area contributed by atoms with E-state index >= 15 is 0 Å². The van der Waals surface area contributed by atoms with Gasteiger partial charge in [-0.1, -0.05) is 6.42 Å². The Balaban J connectivity index is 1.63. The molecule has 0 aromatic carbocycles. The second kappa shape index (κ2) is 4.24. The zero-order valence-electron chi connectivity index (χ0n) is 11.0. The molecule has 2 nitrogen and oxygen atoms in total. The van der Waals surface area contributed by atoms with Gasteiger partial charge in [0.2, 0.25) is 0 Å². The van der Waals surface area contributed by atoms with Crippen molar-refractivity contribution in [2.24, 2.45) is 11.8 Å². The normalized spacial score (nSPS) is 47.3. The van der Waals surface area contributed by atoms with Crippen LogP contribution < -0.4 is 0 Å². The van der Waals surface area contributed by atoms with Crippen molar-refractivity contribution >= 4 is 0 Å². The van der Waals surface area contributed by atoms with Crippen molar-refractivity contribution in [2.75, 3.05) is 19.6 Å². The molecule has 0 radical (unpaired) electrons. The summed E-state index contributed by atoms with van der Waals surface area (Å²) in [6.07, 6.45) is 12.8. The number of hydrogen-bond acceptors (Lipinski definition) is 2. The molecule has 0 N–H and O–H groups in total. The van der Waals surface area contributed by atoms with Crippen LogP contribution in [-0.4, -0.2) is 41.6 Å². The average Bonchev–Trinajstić information content (AvgIpc) is 2.39. The van der Waals surface area contributed by atoms with Crippen molar-refractivity contribution < 1.29 is 0 Å². The van der Waals surface area contributed by atoms with Crippen molar-refractivity contribution in [2.45, 2.75) is 63.6 Å². The Morgan fingerprint density at radius 1 is 0.706 bits per heavy atom. The van der Waals surface area contributed by atoms with E-state index in [0.717, 1.165) is 24.0 Å². The second-order valence-corrected chi connectivity index (χ2v) is 6.79. The van der Waals surface area contributed by atoms with Crippen LogP contribution in [0.25, 0.3) is 0 Å². The molecule has 0 aromatic rings. The topological polar surface area (TPSA) is 6.48 Å². The van der Waals surface area contributed by atoms with Crippen molar-refractivity contribution in [1.29, 1.82) is 0 Å². The lowest BCUT2D eigenvalue weighted by molar-refractivity contribution is -0.128. The van der Waals surface area contributed by atoms with Gasteiger partial charge in [-0.15, -0.1) is 0 Å². The van der Waals surface area contributed by atoms with Crippen LogP contribution in [0.4, 0.5) is 0 Å². The van der Waals surface area contributed by atoms with Gasteiger partial charge in [-0.3, -0.25) is 9.80 Å². The van der Waals surface area contributed by atoms with Crippen LogP contribution in [0.15, 0.2) is 0 Å². The lowest BCUT2D eigenvalue weighted by Gasteiger charge is -2.59. The van der Waals surface area contributed by atoms with Gasteiger partial charge in [0, 0.05) is 12.6 Å². The predicted octanol–water partition coefficient (Wildman–Crippen LogP) is 2.69. The molecule has 0 unspecified atom stereocenters. The van der Waals surface area contributed by atoms with Gasteiger partial charge >= 0.3 is 0 Å². The first-order chi connectivity index (χ1) is 8.43. The van der Waals surface area contributed by atoms with Crippen LogP contribution in [0.1, 0.15) is 51.4 Å². The van der Waals surface area contributed by atoms with Gasteiger partial charge in [0.05, 0.1) is 6.17 Å². The first-order valence-corrected chi connectivity index (χ1v) is 7.93. The van der Waals surface area contributed by atoms with Gasteiger partial charge in [0.15, 0.2) is 0 Å². The predicted molar refractivity (Wildman–Crippen MR) is 69.8 cm³/mol. The van der Waals surface area contributed by atoms with E-state index in [2.05, 4.69) is 9.80 Å². The summed E-state index contributed by atoms with van der Waals surface area (Å²) >= 11 is 0. The Morgan fingerprint density at radius 3 is 2.59 bits per heavy atom. The van der Waals surface area contributed by atoms with Crippen LogP contribution in [0, 0.1) is 11.8 Å². The molecule has 0 spiro atoms. The van der Waals surface area contributed by atoms with Crippen LogP contribution in [0.2, 0.25) is 0 Å². The first-order valence-electron chi connectivity index (χ1n) is 7.93. The molecule has 4 fully saturated rings. The molecular formula is C15H26N2. The van der Waals surface area contributed by atoms with E-state index < -0.39 is 0 Å². The Kier molecular flexibility index (Phi) is 2.69. The van der Waals surface area contributed by atoms with Gasteiger partial charge in [0.25, 0.3) is 0 Å². The summed E-state index contributed by atoms with van der Waals surface area (Å²) in [6.45, 7) is 4.22. The van der Waals surface area contributed by atoms with Crippen LogP contribution in [0.5, 0.6) is 0 Å². The maximum atomic E-state index is 2.95. The van der Waals surface area contributed by atoms with Crippen LogP contribution >= 0.6 is 0 Å². The number of piperidine rings is 2. The molecule has 4 rings (SSSR count). The summed E-state index contributed by atoms with van der Waals surface area (Å²) in [5.41, 5.74) is 0. The van der Waals surface area contributed by atoms with Crippen LogP contribution in [0.3, 0.4) is 0 Å². The Bertz CT molecular complexity index is 289. The molecule has 0 bridgehead atoms. The van der Waals surface area contributed by atoms with Gasteiger partial charge in [-0.05, 0) is 69.9 Å². The SMILES string of the molecule is C1C[C@@H]2CCCN3[C@H]2[C@H](C1)CN1CCCC[C@@H]13. The summed E-state index contributed by atoms with van der Waals surface area (Å²) in [6, 6.07) is 0.983. The molecule has 3 heterocycles. The highest BCUT2D eigenvalue weighted by Gasteiger charge is 2.47. The van der Waals surface area contributed by atoms with Gasteiger partial charge in [-0.25, -0.2) is 0 Å². The van der Waals surface area contributed by atoms with E-state index in [4.69, 9.17) is 0 Å². The highest BCUT2D eigenvalue weighted by Crippen LogP contribution is 2.44.